The fraction of sp³-hybridized carbons (Fsp3) is 0.455. The summed E-state index contributed by atoms with van der Waals surface area (Å²) in [6, 6.07) is 0.890. The highest BCUT2D eigenvalue weighted by molar-refractivity contribution is 5.91. The molecule has 1 aromatic rings. The first-order valence-electron chi connectivity index (χ1n) is 5.39. The van der Waals surface area contributed by atoms with E-state index in [1.54, 1.807) is 0 Å². The summed E-state index contributed by atoms with van der Waals surface area (Å²) in [6.45, 7) is 0.291. The lowest BCUT2D eigenvalue weighted by molar-refractivity contribution is -0.276. The van der Waals surface area contributed by atoms with Crippen molar-refractivity contribution < 1.29 is 36.6 Å². The fourth-order valence-electron chi connectivity index (χ4n) is 1.33. The highest BCUT2D eigenvalue weighted by Crippen LogP contribution is 2.32. The second kappa shape index (κ2) is 6.40. The van der Waals surface area contributed by atoms with Crippen molar-refractivity contribution in [3.63, 3.8) is 0 Å². The Balaban J connectivity index is 3.26. The second-order valence-electron chi connectivity index (χ2n) is 3.39. The van der Waals surface area contributed by atoms with E-state index < -0.39 is 36.3 Å². The lowest BCUT2D eigenvalue weighted by atomic mass is 10.2. The summed E-state index contributed by atoms with van der Waals surface area (Å²) in [5.74, 6) is -2.34. The monoisotopic (exact) mass is 297 g/mol. The third-order valence-corrected chi connectivity index (χ3v) is 2.09. The van der Waals surface area contributed by atoms with Gasteiger partial charge in [0.2, 0.25) is 0 Å². The Morgan fingerprint density at radius 2 is 2.05 bits per heavy atom. The standard InChI is InChI=1S/C11H11F4NO4/c1-3-19-10(17)6-4-8(18-2)9(16-7(6)5-12)20-11(13,14)15/h4H,3,5H2,1-2H3. The number of alkyl halides is 4. The van der Waals surface area contributed by atoms with Crippen molar-refractivity contribution in [3.05, 3.63) is 17.3 Å². The summed E-state index contributed by atoms with van der Waals surface area (Å²) in [5.41, 5.74) is -0.843. The molecular formula is C11H11F4NO4. The number of halogens is 4. The van der Waals surface area contributed by atoms with Crippen LogP contribution in [-0.4, -0.2) is 31.0 Å². The smallest absolute Gasteiger partial charge is 0.491 e. The van der Waals surface area contributed by atoms with Crippen LogP contribution in [0.3, 0.4) is 0 Å². The molecule has 0 aliphatic rings. The molecule has 20 heavy (non-hydrogen) atoms. The second-order valence-corrected chi connectivity index (χ2v) is 3.39. The van der Waals surface area contributed by atoms with Crippen LogP contribution in [0.4, 0.5) is 17.6 Å². The van der Waals surface area contributed by atoms with E-state index in [2.05, 4.69) is 19.2 Å². The molecule has 0 atom stereocenters. The van der Waals surface area contributed by atoms with Gasteiger partial charge in [-0.2, -0.15) is 0 Å². The van der Waals surface area contributed by atoms with Gasteiger partial charge < -0.3 is 14.2 Å². The SMILES string of the molecule is CCOC(=O)c1cc(OC)c(OC(F)(F)F)nc1CF. The zero-order valence-electron chi connectivity index (χ0n) is 10.6. The number of nitrogens with zero attached hydrogens (tertiary/aromatic N) is 1. The molecule has 9 heteroatoms. The Labute approximate surface area is 111 Å². The molecule has 0 aliphatic heterocycles. The van der Waals surface area contributed by atoms with Gasteiger partial charge >= 0.3 is 12.3 Å². The van der Waals surface area contributed by atoms with Gasteiger partial charge in [0, 0.05) is 6.07 Å². The minimum Gasteiger partial charge on any atom is -0.491 e. The molecule has 0 saturated heterocycles. The number of ether oxygens (including phenoxy) is 3. The van der Waals surface area contributed by atoms with E-state index in [0.717, 1.165) is 13.2 Å². The highest BCUT2D eigenvalue weighted by Gasteiger charge is 2.34. The number of methoxy groups -OCH3 is 1. The number of hydrogen-bond acceptors (Lipinski definition) is 5. The van der Waals surface area contributed by atoms with Crippen molar-refractivity contribution in [2.45, 2.75) is 20.0 Å². The molecular weight excluding hydrogens is 286 g/mol. The topological polar surface area (TPSA) is 57.7 Å². The van der Waals surface area contributed by atoms with E-state index >= 15 is 0 Å². The first-order chi connectivity index (χ1) is 9.32. The third kappa shape index (κ3) is 3.97. The zero-order chi connectivity index (χ0) is 15.3. The molecule has 0 bridgehead atoms. The Morgan fingerprint density at radius 3 is 2.50 bits per heavy atom. The first-order valence-corrected chi connectivity index (χ1v) is 5.39. The summed E-state index contributed by atoms with van der Waals surface area (Å²) < 4.78 is 62.2. The zero-order valence-corrected chi connectivity index (χ0v) is 10.6. The van der Waals surface area contributed by atoms with Crippen molar-refractivity contribution in [3.8, 4) is 11.6 Å². The van der Waals surface area contributed by atoms with Gasteiger partial charge in [0.1, 0.15) is 6.67 Å². The molecule has 0 saturated carbocycles. The normalized spacial score (nSPS) is 11.1. The third-order valence-electron chi connectivity index (χ3n) is 2.09. The number of carbonyl (C=O) groups is 1. The number of hydrogen-bond donors (Lipinski definition) is 0. The van der Waals surface area contributed by atoms with Crippen molar-refractivity contribution in [2.24, 2.45) is 0 Å². The molecule has 0 fully saturated rings. The van der Waals surface area contributed by atoms with Crippen LogP contribution < -0.4 is 9.47 Å². The van der Waals surface area contributed by atoms with Crippen LogP contribution in [0.5, 0.6) is 11.6 Å². The average Bonchev–Trinajstić information content (AvgIpc) is 2.36. The van der Waals surface area contributed by atoms with Crippen molar-refractivity contribution in [2.75, 3.05) is 13.7 Å². The van der Waals surface area contributed by atoms with Crippen LogP contribution in [0.2, 0.25) is 0 Å². The Kier molecular flexibility index (Phi) is 5.12. The average molecular weight is 297 g/mol. The summed E-state index contributed by atoms with van der Waals surface area (Å²) >= 11 is 0. The van der Waals surface area contributed by atoms with Gasteiger partial charge in [-0.15, -0.1) is 13.2 Å². The Hall–Kier alpha value is -2.06. The molecule has 0 aliphatic carbocycles. The van der Waals surface area contributed by atoms with Gasteiger partial charge in [0.05, 0.1) is 25.0 Å². The van der Waals surface area contributed by atoms with E-state index in [1.165, 1.54) is 6.92 Å². The Morgan fingerprint density at radius 1 is 1.40 bits per heavy atom. The molecule has 0 N–H and O–H groups in total. The molecule has 0 aromatic carbocycles. The number of rotatable bonds is 5. The largest absolute Gasteiger partial charge is 0.574 e. The highest BCUT2D eigenvalue weighted by atomic mass is 19.4. The van der Waals surface area contributed by atoms with Crippen molar-refractivity contribution in [1.82, 2.24) is 4.98 Å². The number of esters is 1. The minimum absolute atomic E-state index is 0.0215. The van der Waals surface area contributed by atoms with E-state index in [-0.39, 0.29) is 12.2 Å². The molecule has 0 amide bonds. The number of aromatic nitrogens is 1. The van der Waals surface area contributed by atoms with Crippen LogP contribution in [0.25, 0.3) is 0 Å². The Bertz CT molecular complexity index is 490. The predicted octanol–water partition coefficient (Wildman–Crippen LogP) is 2.64. The molecule has 1 rings (SSSR count). The van der Waals surface area contributed by atoms with E-state index in [4.69, 9.17) is 0 Å². The predicted molar refractivity (Wildman–Crippen MR) is 58.2 cm³/mol. The van der Waals surface area contributed by atoms with E-state index in [0.29, 0.717) is 0 Å². The molecule has 112 valence electrons. The number of carbonyl (C=O) groups excluding carboxylic acids is 1. The maximum Gasteiger partial charge on any atom is 0.574 e. The fourth-order valence-corrected chi connectivity index (χ4v) is 1.33. The van der Waals surface area contributed by atoms with E-state index in [9.17, 15) is 22.4 Å². The molecule has 1 aromatic heterocycles. The lowest BCUT2D eigenvalue weighted by Gasteiger charge is -2.14. The quantitative estimate of drug-likeness (QED) is 0.617. The molecule has 0 radical (unpaired) electrons. The first kappa shape index (κ1) is 16.0. The van der Waals surface area contributed by atoms with Crippen molar-refractivity contribution in [1.29, 1.82) is 0 Å². The van der Waals surface area contributed by atoms with Crippen LogP contribution in [0.1, 0.15) is 23.0 Å². The maximum atomic E-state index is 12.8. The maximum absolute atomic E-state index is 12.8. The number of pyridine rings is 1. The molecule has 0 unspecified atom stereocenters. The van der Waals surface area contributed by atoms with Crippen LogP contribution in [-0.2, 0) is 11.4 Å². The molecule has 1 heterocycles. The summed E-state index contributed by atoms with van der Waals surface area (Å²) in [6.07, 6.45) is -5.01. The lowest BCUT2D eigenvalue weighted by Crippen LogP contribution is -2.20. The van der Waals surface area contributed by atoms with Crippen LogP contribution in [0.15, 0.2) is 6.07 Å². The van der Waals surface area contributed by atoms with Gasteiger partial charge in [-0.1, -0.05) is 0 Å². The summed E-state index contributed by atoms with van der Waals surface area (Å²) in [7, 11) is 1.06. The van der Waals surface area contributed by atoms with Crippen LogP contribution >= 0.6 is 0 Å². The van der Waals surface area contributed by atoms with Crippen molar-refractivity contribution >= 4 is 5.97 Å². The minimum atomic E-state index is -5.01. The summed E-state index contributed by atoms with van der Waals surface area (Å²) in [5, 5.41) is 0. The van der Waals surface area contributed by atoms with E-state index in [1.807, 2.05) is 0 Å². The molecule has 5 nitrogen and oxygen atoms in total. The van der Waals surface area contributed by atoms with Gasteiger partial charge in [0.15, 0.2) is 5.75 Å². The van der Waals surface area contributed by atoms with Gasteiger partial charge in [0.25, 0.3) is 5.88 Å². The van der Waals surface area contributed by atoms with Gasteiger partial charge in [-0.3, -0.25) is 0 Å². The van der Waals surface area contributed by atoms with Crippen LogP contribution in [0, 0.1) is 0 Å². The van der Waals surface area contributed by atoms with Gasteiger partial charge in [-0.05, 0) is 6.92 Å². The molecule has 0 spiro atoms. The summed E-state index contributed by atoms with van der Waals surface area (Å²) in [4.78, 5) is 14.8. The van der Waals surface area contributed by atoms with Gasteiger partial charge in [-0.25, -0.2) is 14.2 Å².